The summed E-state index contributed by atoms with van der Waals surface area (Å²) in [5, 5.41) is 13.1. The number of hydrogen-bond acceptors (Lipinski definition) is 6. The number of halogens is 2. The third-order valence-electron chi connectivity index (χ3n) is 4.43. The first-order chi connectivity index (χ1) is 12.8. The summed E-state index contributed by atoms with van der Waals surface area (Å²) in [4.78, 5) is 32.8. The molecule has 3 heterocycles. The van der Waals surface area contributed by atoms with Crippen LogP contribution in [0.25, 0.3) is 0 Å². The number of ether oxygens (including phenoxy) is 1. The number of nitrogens with zero attached hydrogens (tertiary/aromatic N) is 2. The molecule has 1 aliphatic heterocycles. The van der Waals surface area contributed by atoms with E-state index >= 15 is 0 Å². The summed E-state index contributed by atoms with van der Waals surface area (Å²) >= 11 is 13.3. The molecule has 0 bridgehead atoms. The number of nitrogens with one attached hydrogen (secondary N) is 2. The molecule has 3 rings (SSSR count). The van der Waals surface area contributed by atoms with Gasteiger partial charge in [0, 0.05) is 25.9 Å². The number of carbonyl (C=O) groups excluding carboxylic acids is 1. The average molecular weight is 433 g/mol. The summed E-state index contributed by atoms with van der Waals surface area (Å²) in [6, 6.07) is -0.226. The minimum absolute atomic E-state index is 0.183. The lowest BCUT2D eigenvalue weighted by Gasteiger charge is -2.37. The number of aromatic carboxylic acids is 1. The van der Waals surface area contributed by atoms with Crippen molar-refractivity contribution in [3.8, 4) is 0 Å². The largest absolute Gasteiger partial charge is 0.477 e. The Kier molecular flexibility index (Phi) is 5.95. The van der Waals surface area contributed by atoms with Gasteiger partial charge in [0.05, 0.1) is 28.4 Å². The van der Waals surface area contributed by atoms with Crippen LogP contribution in [0.2, 0.25) is 10.0 Å². The number of aromatic amines is 1. The third kappa shape index (κ3) is 4.06. The maximum atomic E-state index is 12.6. The number of methoxy groups -OCH3 is 1. The van der Waals surface area contributed by atoms with Gasteiger partial charge in [0.1, 0.15) is 10.6 Å². The van der Waals surface area contributed by atoms with Crippen LogP contribution in [0.3, 0.4) is 0 Å². The maximum absolute atomic E-state index is 12.6. The summed E-state index contributed by atoms with van der Waals surface area (Å²) in [5.41, 5.74) is 0.852. The van der Waals surface area contributed by atoms with Crippen molar-refractivity contribution in [3.05, 3.63) is 32.5 Å². The Bertz CT molecular complexity index is 869. The second-order valence-electron chi connectivity index (χ2n) is 6.15. The van der Waals surface area contributed by atoms with Gasteiger partial charge in [0.25, 0.3) is 5.91 Å². The molecule has 1 amide bonds. The van der Waals surface area contributed by atoms with Crippen molar-refractivity contribution >= 4 is 51.5 Å². The van der Waals surface area contributed by atoms with Crippen LogP contribution < -0.4 is 10.2 Å². The zero-order valence-electron chi connectivity index (χ0n) is 14.6. The number of amides is 1. The van der Waals surface area contributed by atoms with Crippen molar-refractivity contribution in [2.24, 2.45) is 0 Å². The van der Waals surface area contributed by atoms with E-state index in [1.807, 2.05) is 4.90 Å². The number of rotatable bonds is 5. The van der Waals surface area contributed by atoms with E-state index in [0.717, 1.165) is 11.3 Å². The number of piperidine rings is 1. The predicted octanol–water partition coefficient (Wildman–Crippen LogP) is 2.81. The van der Waals surface area contributed by atoms with E-state index in [2.05, 4.69) is 15.3 Å². The average Bonchev–Trinajstić information content (AvgIpc) is 3.23. The van der Waals surface area contributed by atoms with Gasteiger partial charge in [-0.1, -0.05) is 34.5 Å². The molecular weight excluding hydrogens is 415 g/mol. The molecule has 0 radical (unpaired) electrons. The maximum Gasteiger partial charge on any atom is 0.347 e. The molecule has 2 aromatic rings. The second-order valence-corrected chi connectivity index (χ2v) is 7.92. The van der Waals surface area contributed by atoms with Crippen LogP contribution in [-0.2, 0) is 4.74 Å². The Balaban J connectivity index is 1.68. The van der Waals surface area contributed by atoms with Crippen molar-refractivity contribution in [2.75, 3.05) is 25.1 Å². The van der Waals surface area contributed by atoms with Crippen LogP contribution in [0.5, 0.6) is 0 Å². The van der Waals surface area contributed by atoms with Gasteiger partial charge in [0.2, 0.25) is 0 Å². The Morgan fingerprint density at radius 2 is 2.19 bits per heavy atom. The smallest absolute Gasteiger partial charge is 0.347 e. The van der Waals surface area contributed by atoms with Gasteiger partial charge in [-0.25, -0.2) is 9.78 Å². The molecule has 3 N–H and O–H groups in total. The van der Waals surface area contributed by atoms with Crippen LogP contribution in [-0.4, -0.2) is 59.3 Å². The van der Waals surface area contributed by atoms with E-state index in [1.54, 1.807) is 14.0 Å². The number of carboxylic acids is 1. The summed E-state index contributed by atoms with van der Waals surface area (Å²) in [5.74, 6) is -1.35. The highest BCUT2D eigenvalue weighted by atomic mass is 35.5. The second kappa shape index (κ2) is 8.05. The van der Waals surface area contributed by atoms with Gasteiger partial charge in [-0.3, -0.25) is 4.79 Å². The minimum atomic E-state index is -0.999. The molecule has 146 valence electrons. The number of aryl methyl sites for hydroxylation is 1. The number of H-pyrrole nitrogens is 1. The number of carbonyl (C=O) groups is 2. The number of carboxylic acid groups (broad SMARTS) is 1. The van der Waals surface area contributed by atoms with Crippen LogP contribution in [0, 0.1) is 6.92 Å². The third-order valence-corrected chi connectivity index (χ3v) is 6.43. The topological polar surface area (TPSA) is 108 Å². The van der Waals surface area contributed by atoms with Gasteiger partial charge >= 0.3 is 5.97 Å². The number of thiazole rings is 1. The molecule has 1 fully saturated rings. The van der Waals surface area contributed by atoms with Gasteiger partial charge in [-0.05, 0) is 13.3 Å². The SMILES string of the molecule is CO[C@H]1CN(c2ncc(C(=O)O)s2)CC[C@H]1NC(=O)c1[nH]c(C)c(Cl)c1Cl. The van der Waals surface area contributed by atoms with E-state index in [-0.39, 0.29) is 33.6 Å². The highest BCUT2D eigenvalue weighted by molar-refractivity contribution is 7.17. The quantitative estimate of drug-likeness (QED) is 0.670. The van der Waals surface area contributed by atoms with Gasteiger partial charge in [0.15, 0.2) is 5.13 Å². The minimum Gasteiger partial charge on any atom is -0.477 e. The molecule has 0 aromatic carbocycles. The number of hydrogen-bond donors (Lipinski definition) is 3. The molecule has 0 unspecified atom stereocenters. The zero-order chi connectivity index (χ0) is 19.7. The molecule has 1 aliphatic rings. The lowest BCUT2D eigenvalue weighted by atomic mass is 10.0. The first-order valence-corrected chi connectivity index (χ1v) is 9.70. The molecule has 0 aliphatic carbocycles. The fourth-order valence-electron chi connectivity index (χ4n) is 2.97. The lowest BCUT2D eigenvalue weighted by Crippen LogP contribution is -2.55. The first kappa shape index (κ1) is 19.9. The lowest BCUT2D eigenvalue weighted by molar-refractivity contribution is 0.0540. The van der Waals surface area contributed by atoms with Crippen LogP contribution in [0.1, 0.15) is 32.3 Å². The van der Waals surface area contributed by atoms with Gasteiger partial charge < -0.3 is 25.0 Å². The monoisotopic (exact) mass is 432 g/mol. The van der Waals surface area contributed by atoms with Crippen LogP contribution in [0.15, 0.2) is 6.20 Å². The standard InChI is InChI=1S/C16H18Cl2N4O4S/c1-7-11(17)12(18)13(20-7)14(23)21-8-3-4-22(6-9(8)26-2)16-19-5-10(27-16)15(24)25/h5,8-9,20H,3-4,6H2,1-2H3,(H,21,23)(H,24,25)/t8-,9+/m1/s1. The van der Waals surface area contributed by atoms with Gasteiger partial charge in [-0.15, -0.1) is 0 Å². The van der Waals surface area contributed by atoms with E-state index < -0.39 is 5.97 Å². The molecule has 8 nitrogen and oxygen atoms in total. The molecule has 1 saturated heterocycles. The molecule has 27 heavy (non-hydrogen) atoms. The molecule has 11 heteroatoms. The Morgan fingerprint density at radius 3 is 2.74 bits per heavy atom. The predicted molar refractivity (Wildman–Crippen MR) is 104 cm³/mol. The normalized spacial score (nSPS) is 19.9. The number of anilines is 1. The molecule has 0 spiro atoms. The van der Waals surface area contributed by atoms with Crippen molar-refractivity contribution in [3.63, 3.8) is 0 Å². The van der Waals surface area contributed by atoms with Crippen molar-refractivity contribution in [2.45, 2.75) is 25.5 Å². The molecule has 0 saturated carbocycles. The van der Waals surface area contributed by atoms with Crippen LogP contribution >= 0.6 is 34.5 Å². The first-order valence-electron chi connectivity index (χ1n) is 8.13. The molecular formula is C16H18Cl2N4O4S. The van der Waals surface area contributed by atoms with E-state index in [0.29, 0.717) is 35.4 Å². The van der Waals surface area contributed by atoms with Crippen LogP contribution in [0.4, 0.5) is 5.13 Å². The zero-order valence-corrected chi connectivity index (χ0v) is 16.9. The Labute approximate surface area is 169 Å². The van der Waals surface area contributed by atoms with Crippen molar-refractivity contribution < 1.29 is 19.4 Å². The van der Waals surface area contributed by atoms with Gasteiger partial charge in [-0.2, -0.15) is 0 Å². The molecule has 2 atom stereocenters. The van der Waals surface area contributed by atoms with E-state index in [4.69, 9.17) is 33.0 Å². The fourth-order valence-corrected chi connectivity index (χ4v) is 4.18. The summed E-state index contributed by atoms with van der Waals surface area (Å²) in [6.07, 6.45) is 1.67. The number of aromatic nitrogens is 2. The van der Waals surface area contributed by atoms with E-state index in [1.165, 1.54) is 6.20 Å². The summed E-state index contributed by atoms with van der Waals surface area (Å²) in [6.45, 7) is 2.82. The fraction of sp³-hybridized carbons (Fsp3) is 0.438. The highest BCUT2D eigenvalue weighted by Gasteiger charge is 2.33. The Hall–Kier alpha value is -1.81. The van der Waals surface area contributed by atoms with Crippen molar-refractivity contribution in [1.29, 1.82) is 0 Å². The van der Waals surface area contributed by atoms with E-state index in [9.17, 15) is 9.59 Å². The summed E-state index contributed by atoms with van der Waals surface area (Å²) in [7, 11) is 1.57. The highest BCUT2D eigenvalue weighted by Crippen LogP contribution is 2.30. The summed E-state index contributed by atoms with van der Waals surface area (Å²) < 4.78 is 5.54. The van der Waals surface area contributed by atoms with Crippen molar-refractivity contribution in [1.82, 2.24) is 15.3 Å². The Morgan fingerprint density at radius 1 is 1.44 bits per heavy atom. The molecule has 2 aromatic heterocycles.